The normalized spacial score (nSPS) is 22.8. The SMILES string of the molecule is CC1=C(C(=O)OCC(Cl)(Cl)Cl)N2C(=O)[C@@H](N(N)C(=O)OC(C)(C)C)[C@H]2SC1. The lowest BCUT2D eigenvalue weighted by atomic mass is 10.0. The molecule has 0 aromatic heterocycles. The molecule has 2 aliphatic rings. The quantitative estimate of drug-likeness (QED) is 0.172. The van der Waals surface area contributed by atoms with Gasteiger partial charge in [0.15, 0.2) is 6.04 Å². The second-order valence-corrected chi connectivity index (χ2v) is 10.7. The molecule has 0 unspecified atom stereocenters. The number of ether oxygens (including phenoxy) is 2. The zero-order valence-corrected chi connectivity index (χ0v) is 18.2. The highest BCUT2D eigenvalue weighted by Crippen LogP contribution is 2.42. The zero-order chi connectivity index (χ0) is 20.7. The standard InChI is InChI=1S/C15H20Cl3N3O5S/c1-7-5-27-11-9(21(19)13(24)26-14(2,3)4)10(22)20(11)8(7)12(23)25-6-15(16,17)18/h9,11H,5-6,19H2,1-4H3/t9-,11-/m1/s1. The van der Waals surface area contributed by atoms with Crippen molar-refractivity contribution in [1.29, 1.82) is 0 Å². The first-order valence-electron chi connectivity index (χ1n) is 7.88. The highest BCUT2D eigenvalue weighted by Gasteiger charge is 2.57. The van der Waals surface area contributed by atoms with Crippen LogP contribution in [0.15, 0.2) is 11.3 Å². The molecule has 2 aliphatic heterocycles. The molecule has 2 amide bonds. The summed E-state index contributed by atoms with van der Waals surface area (Å²) in [5, 5.41) is 0.223. The largest absolute Gasteiger partial charge is 0.456 e. The number of carbonyl (C=O) groups is 3. The number of hydrogen-bond acceptors (Lipinski definition) is 7. The minimum Gasteiger partial charge on any atom is -0.456 e. The van der Waals surface area contributed by atoms with Gasteiger partial charge in [0, 0.05) is 5.75 Å². The molecule has 0 spiro atoms. The molecule has 2 atom stereocenters. The summed E-state index contributed by atoms with van der Waals surface area (Å²) in [5.74, 6) is 4.97. The summed E-state index contributed by atoms with van der Waals surface area (Å²) in [6, 6.07) is -0.950. The summed E-state index contributed by atoms with van der Waals surface area (Å²) in [7, 11) is 0. The van der Waals surface area contributed by atoms with E-state index in [0.717, 1.165) is 5.01 Å². The number of fused-ring (bicyclic) bond motifs is 1. The van der Waals surface area contributed by atoms with Crippen molar-refractivity contribution >= 4 is 64.5 Å². The molecular formula is C15H20Cl3N3O5S. The molecule has 0 aliphatic carbocycles. The van der Waals surface area contributed by atoms with E-state index in [1.54, 1.807) is 27.7 Å². The van der Waals surface area contributed by atoms with Crippen molar-refractivity contribution in [2.24, 2.45) is 5.84 Å². The molecule has 12 heteroatoms. The zero-order valence-electron chi connectivity index (χ0n) is 15.1. The van der Waals surface area contributed by atoms with E-state index < -0.39 is 45.4 Å². The van der Waals surface area contributed by atoms with E-state index >= 15 is 0 Å². The fraction of sp³-hybridized carbons (Fsp3) is 0.667. The van der Waals surface area contributed by atoms with Crippen LogP contribution in [0, 0.1) is 0 Å². The number of amides is 2. The van der Waals surface area contributed by atoms with Gasteiger partial charge in [-0.25, -0.2) is 20.4 Å². The summed E-state index contributed by atoms with van der Waals surface area (Å²) < 4.78 is 8.42. The van der Waals surface area contributed by atoms with E-state index in [9.17, 15) is 14.4 Å². The Bertz CT molecular complexity index is 689. The van der Waals surface area contributed by atoms with Crippen LogP contribution in [0.1, 0.15) is 27.7 Å². The van der Waals surface area contributed by atoms with E-state index in [4.69, 9.17) is 50.1 Å². The molecule has 152 valence electrons. The predicted molar refractivity (Wildman–Crippen MR) is 103 cm³/mol. The highest BCUT2D eigenvalue weighted by molar-refractivity contribution is 8.00. The van der Waals surface area contributed by atoms with E-state index in [-0.39, 0.29) is 5.70 Å². The number of esters is 1. The van der Waals surface area contributed by atoms with Gasteiger partial charge in [-0.1, -0.05) is 34.8 Å². The van der Waals surface area contributed by atoms with Gasteiger partial charge in [0.2, 0.25) is 3.79 Å². The maximum absolute atomic E-state index is 12.6. The van der Waals surface area contributed by atoms with Gasteiger partial charge in [-0.05, 0) is 33.3 Å². The molecule has 0 aromatic carbocycles. The molecule has 0 saturated carbocycles. The smallest absolute Gasteiger partial charge is 0.425 e. The minimum absolute atomic E-state index is 0.0758. The molecule has 2 heterocycles. The van der Waals surface area contributed by atoms with Crippen LogP contribution < -0.4 is 5.84 Å². The number of nitrogens with zero attached hydrogens (tertiary/aromatic N) is 2. The van der Waals surface area contributed by atoms with Crippen molar-refractivity contribution in [3.05, 3.63) is 11.3 Å². The third kappa shape index (κ3) is 5.14. The van der Waals surface area contributed by atoms with Crippen LogP contribution in [-0.4, -0.2) is 61.0 Å². The number of rotatable bonds is 3. The Labute approximate surface area is 176 Å². The monoisotopic (exact) mass is 459 g/mol. The number of nitrogens with two attached hydrogens (primary N) is 1. The van der Waals surface area contributed by atoms with Crippen LogP contribution >= 0.6 is 46.6 Å². The molecule has 2 N–H and O–H groups in total. The Hall–Kier alpha value is -0.870. The Morgan fingerprint density at radius 3 is 2.44 bits per heavy atom. The van der Waals surface area contributed by atoms with Crippen LogP contribution in [-0.2, 0) is 19.1 Å². The maximum atomic E-state index is 12.6. The topological polar surface area (TPSA) is 102 Å². The molecule has 8 nitrogen and oxygen atoms in total. The lowest BCUT2D eigenvalue weighted by molar-refractivity contribution is -0.156. The van der Waals surface area contributed by atoms with E-state index in [0.29, 0.717) is 11.3 Å². The van der Waals surface area contributed by atoms with E-state index in [2.05, 4.69) is 0 Å². The molecule has 2 rings (SSSR count). The van der Waals surface area contributed by atoms with E-state index in [1.165, 1.54) is 16.7 Å². The van der Waals surface area contributed by atoms with Crippen molar-refractivity contribution < 1.29 is 23.9 Å². The van der Waals surface area contributed by atoms with Crippen molar-refractivity contribution in [2.75, 3.05) is 12.4 Å². The number of hydrazine groups is 1. The number of hydrogen-bond donors (Lipinski definition) is 1. The number of thioether (sulfide) groups is 1. The Morgan fingerprint density at radius 1 is 1.33 bits per heavy atom. The Balaban J connectivity index is 2.13. The summed E-state index contributed by atoms with van der Waals surface area (Å²) in [6.07, 6.45) is -0.826. The second kappa shape index (κ2) is 7.87. The highest BCUT2D eigenvalue weighted by atomic mass is 35.6. The van der Waals surface area contributed by atoms with Crippen LogP contribution in [0.25, 0.3) is 0 Å². The van der Waals surface area contributed by atoms with Crippen LogP contribution in [0.4, 0.5) is 4.79 Å². The average Bonchev–Trinajstić information content (AvgIpc) is 2.50. The van der Waals surface area contributed by atoms with Gasteiger partial charge in [-0.15, -0.1) is 11.8 Å². The number of β-lactam (4-membered cyclic amide) rings is 1. The first-order valence-corrected chi connectivity index (χ1v) is 10.1. The summed E-state index contributed by atoms with van der Waals surface area (Å²) in [5.41, 5.74) is -0.0474. The first-order chi connectivity index (χ1) is 12.2. The van der Waals surface area contributed by atoms with Gasteiger partial charge in [0.05, 0.1) is 0 Å². The molecular weight excluding hydrogens is 441 g/mol. The lowest BCUT2D eigenvalue weighted by Crippen LogP contribution is -2.73. The van der Waals surface area contributed by atoms with Gasteiger partial charge in [-0.2, -0.15) is 0 Å². The maximum Gasteiger partial charge on any atom is 0.425 e. The summed E-state index contributed by atoms with van der Waals surface area (Å²) >= 11 is 18.1. The van der Waals surface area contributed by atoms with Gasteiger partial charge < -0.3 is 9.47 Å². The number of carbonyl (C=O) groups excluding carboxylic acids is 3. The fourth-order valence-corrected chi connectivity index (χ4v) is 4.02. The fourth-order valence-electron chi connectivity index (χ4n) is 2.51. The van der Waals surface area contributed by atoms with Crippen molar-refractivity contribution in [3.63, 3.8) is 0 Å². The molecule has 27 heavy (non-hydrogen) atoms. The Morgan fingerprint density at radius 2 is 1.93 bits per heavy atom. The average molecular weight is 461 g/mol. The van der Waals surface area contributed by atoms with Crippen molar-refractivity contribution in [3.8, 4) is 0 Å². The predicted octanol–water partition coefficient (Wildman–Crippen LogP) is 2.57. The van der Waals surface area contributed by atoms with Gasteiger partial charge in [0.1, 0.15) is 23.3 Å². The van der Waals surface area contributed by atoms with Gasteiger partial charge in [0.25, 0.3) is 5.91 Å². The molecule has 0 radical (unpaired) electrons. The molecule has 0 bridgehead atoms. The van der Waals surface area contributed by atoms with E-state index in [1.807, 2.05) is 0 Å². The van der Waals surface area contributed by atoms with Gasteiger partial charge in [-0.3, -0.25) is 9.69 Å². The number of alkyl halides is 3. The summed E-state index contributed by atoms with van der Waals surface area (Å²) in [4.78, 5) is 38.4. The second-order valence-electron chi connectivity index (χ2n) is 7.06. The number of halogens is 3. The van der Waals surface area contributed by atoms with Crippen molar-refractivity contribution in [1.82, 2.24) is 9.91 Å². The van der Waals surface area contributed by atoms with Crippen molar-refractivity contribution in [2.45, 2.75) is 48.5 Å². The Kier molecular flexibility index (Phi) is 6.53. The summed E-state index contributed by atoms with van der Waals surface area (Å²) in [6.45, 7) is 6.30. The van der Waals surface area contributed by atoms with Crippen LogP contribution in [0.2, 0.25) is 0 Å². The lowest BCUT2D eigenvalue weighted by Gasteiger charge is -2.51. The molecule has 0 aromatic rings. The van der Waals surface area contributed by atoms with Crippen LogP contribution in [0.3, 0.4) is 0 Å². The first kappa shape index (κ1) is 22.4. The molecule has 1 saturated heterocycles. The third-order valence-electron chi connectivity index (χ3n) is 3.60. The third-order valence-corrected chi connectivity index (χ3v) is 5.33. The molecule has 1 fully saturated rings. The van der Waals surface area contributed by atoms with Crippen LogP contribution in [0.5, 0.6) is 0 Å². The minimum atomic E-state index is -1.76. The van der Waals surface area contributed by atoms with Gasteiger partial charge >= 0.3 is 12.1 Å².